The number of allylic oxidation sites excluding steroid dienone is 1. The van der Waals surface area contributed by atoms with Crippen molar-refractivity contribution in [1.82, 2.24) is 9.80 Å². The molecule has 0 radical (unpaired) electrons. The van der Waals surface area contributed by atoms with Crippen LogP contribution >= 0.6 is 0 Å². The summed E-state index contributed by atoms with van der Waals surface area (Å²) in [6, 6.07) is 17.6. The van der Waals surface area contributed by atoms with Crippen molar-refractivity contribution in [3.8, 4) is 5.75 Å². The lowest BCUT2D eigenvalue weighted by Gasteiger charge is -2.43. The van der Waals surface area contributed by atoms with Crippen molar-refractivity contribution in [2.24, 2.45) is 17.8 Å². The summed E-state index contributed by atoms with van der Waals surface area (Å²) in [6.07, 6.45) is 7.24. The normalized spacial score (nSPS) is 26.1. The van der Waals surface area contributed by atoms with E-state index in [1.807, 2.05) is 24.3 Å². The molecule has 0 aromatic heterocycles. The molecule has 46 heavy (non-hydrogen) atoms. The molecular formula is C37H47BN2O6. The van der Waals surface area contributed by atoms with Crippen LogP contribution in [0.25, 0.3) is 6.08 Å². The predicted molar refractivity (Wildman–Crippen MR) is 178 cm³/mol. The van der Waals surface area contributed by atoms with E-state index in [0.717, 1.165) is 68.4 Å². The van der Waals surface area contributed by atoms with E-state index < -0.39 is 19.0 Å². The van der Waals surface area contributed by atoms with Crippen LogP contribution in [0.15, 0.2) is 71.3 Å². The Morgan fingerprint density at radius 1 is 1.02 bits per heavy atom. The zero-order chi connectivity index (χ0) is 32.2. The van der Waals surface area contributed by atoms with Crippen molar-refractivity contribution >= 4 is 25.0 Å². The number of hydrogen-bond donors (Lipinski definition) is 2. The van der Waals surface area contributed by atoms with Gasteiger partial charge in [0.05, 0.1) is 24.5 Å². The fourth-order valence-corrected chi connectivity index (χ4v) is 8.37. The molecule has 6 rings (SSSR count). The van der Waals surface area contributed by atoms with E-state index >= 15 is 0 Å². The van der Waals surface area contributed by atoms with Crippen LogP contribution in [-0.2, 0) is 25.5 Å². The Labute approximate surface area is 273 Å². The lowest BCUT2D eigenvalue weighted by molar-refractivity contribution is -0.144. The summed E-state index contributed by atoms with van der Waals surface area (Å²) in [5.41, 5.74) is 5.34. The summed E-state index contributed by atoms with van der Waals surface area (Å²) >= 11 is 0. The highest BCUT2D eigenvalue weighted by Gasteiger charge is 2.58. The standard InChI is InChI=1S/C37H47BN2O6/c1-3-9-25(20-27-12-7-8-13-32(27)41)14-15-33-34-28(24-45-2)21-30-35(31(34)22-38(44)46-33)37(43)40(36(30)42)29-16-18-39(19-17-29)23-26-10-5-4-6-11-26/h4-8,10-13,20,29-31,33,35,41,44H,3,9,14-19,21-24H2,1-2H3/b25-20+/t30-,31+,33-,35-/m1/s1. The number of piperidine rings is 1. The predicted octanol–water partition coefficient (Wildman–Crippen LogP) is 5.46. The van der Waals surface area contributed by atoms with Gasteiger partial charge in [-0.25, -0.2) is 0 Å². The third-order valence-corrected chi connectivity index (χ3v) is 10.4. The van der Waals surface area contributed by atoms with Gasteiger partial charge in [0, 0.05) is 38.3 Å². The van der Waals surface area contributed by atoms with Crippen LogP contribution in [0, 0.1) is 17.8 Å². The van der Waals surface area contributed by atoms with E-state index in [-0.39, 0.29) is 35.6 Å². The SMILES string of the molecule is CCC/C(=C\c1ccccc1O)CC[C@H]1OB(O)C[C@H]2C1=C(COC)C[C@H]1C(=O)N(C3CCN(Cc4ccccc4)CC3)C(=O)[C@H]12. The van der Waals surface area contributed by atoms with E-state index in [4.69, 9.17) is 9.39 Å². The highest BCUT2D eigenvalue weighted by atomic mass is 16.5. The zero-order valence-electron chi connectivity index (χ0n) is 27.1. The van der Waals surface area contributed by atoms with Crippen LogP contribution in [0.1, 0.15) is 63.0 Å². The van der Waals surface area contributed by atoms with Crippen molar-refractivity contribution < 1.29 is 29.1 Å². The van der Waals surface area contributed by atoms with E-state index in [1.165, 1.54) is 11.1 Å². The fourth-order valence-electron chi connectivity index (χ4n) is 8.37. The van der Waals surface area contributed by atoms with Gasteiger partial charge in [0.1, 0.15) is 5.75 Å². The van der Waals surface area contributed by atoms with Crippen LogP contribution in [0.5, 0.6) is 5.75 Å². The Bertz CT molecular complexity index is 1450. The van der Waals surface area contributed by atoms with Crippen molar-refractivity contribution in [3.05, 3.63) is 82.4 Å². The lowest BCUT2D eigenvalue weighted by atomic mass is 9.58. The van der Waals surface area contributed by atoms with Gasteiger partial charge < -0.3 is 19.5 Å². The van der Waals surface area contributed by atoms with Crippen LogP contribution in [-0.4, -0.2) is 77.8 Å². The Hall–Kier alpha value is -3.24. The molecule has 2 aromatic carbocycles. The third kappa shape index (κ3) is 6.88. The average Bonchev–Trinajstić information content (AvgIpc) is 3.30. The van der Waals surface area contributed by atoms with Gasteiger partial charge in [-0.3, -0.25) is 19.4 Å². The molecule has 3 fully saturated rings. The fraction of sp³-hybridized carbons (Fsp3) is 0.514. The molecule has 0 saturated carbocycles. The van der Waals surface area contributed by atoms with Crippen molar-refractivity contribution in [1.29, 1.82) is 0 Å². The van der Waals surface area contributed by atoms with Crippen LogP contribution in [0.2, 0.25) is 6.32 Å². The molecule has 3 aliphatic heterocycles. The minimum Gasteiger partial charge on any atom is -0.507 e. The quantitative estimate of drug-likeness (QED) is 0.194. The number of amides is 2. The summed E-state index contributed by atoms with van der Waals surface area (Å²) in [5, 5.41) is 21.3. The largest absolute Gasteiger partial charge is 0.507 e. The Morgan fingerprint density at radius 3 is 2.48 bits per heavy atom. The van der Waals surface area contributed by atoms with E-state index in [1.54, 1.807) is 18.1 Å². The summed E-state index contributed by atoms with van der Waals surface area (Å²) in [5.74, 6) is -1.03. The molecule has 2 aromatic rings. The maximum absolute atomic E-state index is 14.2. The minimum absolute atomic E-state index is 0.0578. The topological polar surface area (TPSA) is 99.5 Å². The first kappa shape index (κ1) is 32.7. The Kier molecular flexibility index (Phi) is 10.4. The highest BCUT2D eigenvalue weighted by Crippen LogP contribution is 2.51. The number of methoxy groups -OCH3 is 1. The van der Waals surface area contributed by atoms with Crippen LogP contribution in [0.4, 0.5) is 0 Å². The van der Waals surface area contributed by atoms with Gasteiger partial charge >= 0.3 is 7.12 Å². The van der Waals surface area contributed by atoms with Gasteiger partial charge in [0.2, 0.25) is 11.8 Å². The Balaban J connectivity index is 1.19. The number of para-hydroxylation sites is 1. The van der Waals surface area contributed by atoms with E-state index in [9.17, 15) is 19.7 Å². The number of benzene rings is 2. The number of imide groups is 1. The second-order valence-electron chi connectivity index (χ2n) is 13.4. The third-order valence-electron chi connectivity index (χ3n) is 10.4. The van der Waals surface area contributed by atoms with Gasteiger partial charge in [-0.05, 0) is 73.5 Å². The van der Waals surface area contributed by atoms with Crippen molar-refractivity contribution in [2.45, 2.75) is 76.9 Å². The number of phenols is 1. The lowest BCUT2D eigenvalue weighted by Crippen LogP contribution is -2.48. The second kappa shape index (κ2) is 14.7. The number of carbonyl (C=O) groups is 2. The first-order chi connectivity index (χ1) is 22.4. The molecule has 9 heteroatoms. The molecule has 2 amide bonds. The summed E-state index contributed by atoms with van der Waals surface area (Å²) < 4.78 is 11.8. The zero-order valence-corrected chi connectivity index (χ0v) is 27.1. The summed E-state index contributed by atoms with van der Waals surface area (Å²) in [7, 11) is 0.657. The second-order valence-corrected chi connectivity index (χ2v) is 13.4. The molecule has 8 nitrogen and oxygen atoms in total. The number of nitrogens with zero attached hydrogens (tertiary/aromatic N) is 2. The number of carbonyl (C=O) groups excluding carboxylic acids is 2. The molecule has 4 atom stereocenters. The molecule has 4 aliphatic rings. The number of ether oxygens (including phenoxy) is 1. The van der Waals surface area contributed by atoms with Gasteiger partial charge in [0.25, 0.3) is 0 Å². The highest BCUT2D eigenvalue weighted by molar-refractivity contribution is 6.43. The number of hydrogen-bond acceptors (Lipinski definition) is 7. The first-order valence-corrected chi connectivity index (χ1v) is 17.0. The number of phenolic OH excluding ortho intramolecular Hbond substituents is 1. The molecule has 3 heterocycles. The maximum Gasteiger partial charge on any atom is 0.455 e. The number of aromatic hydroxyl groups is 1. The minimum atomic E-state index is -1.00. The molecule has 0 unspecified atom stereocenters. The smallest absolute Gasteiger partial charge is 0.455 e. The maximum atomic E-state index is 14.2. The molecular weight excluding hydrogens is 579 g/mol. The number of fused-ring (bicyclic) bond motifs is 3. The summed E-state index contributed by atoms with van der Waals surface area (Å²) in [4.78, 5) is 32.2. The average molecular weight is 627 g/mol. The van der Waals surface area contributed by atoms with Gasteiger partial charge in [-0.2, -0.15) is 0 Å². The van der Waals surface area contributed by atoms with Gasteiger partial charge in [-0.1, -0.05) is 73.5 Å². The van der Waals surface area contributed by atoms with Crippen LogP contribution < -0.4 is 0 Å². The molecule has 0 bridgehead atoms. The van der Waals surface area contributed by atoms with Crippen molar-refractivity contribution in [3.63, 3.8) is 0 Å². The Morgan fingerprint density at radius 2 is 1.76 bits per heavy atom. The van der Waals surface area contributed by atoms with E-state index in [2.05, 4.69) is 42.2 Å². The molecule has 3 saturated heterocycles. The molecule has 244 valence electrons. The molecule has 0 spiro atoms. The molecule has 1 aliphatic carbocycles. The number of rotatable bonds is 11. The molecule has 2 N–H and O–H groups in total. The van der Waals surface area contributed by atoms with Gasteiger partial charge in [-0.15, -0.1) is 0 Å². The first-order valence-electron chi connectivity index (χ1n) is 17.0. The van der Waals surface area contributed by atoms with Gasteiger partial charge in [0.15, 0.2) is 0 Å². The monoisotopic (exact) mass is 626 g/mol. The van der Waals surface area contributed by atoms with E-state index in [0.29, 0.717) is 25.8 Å². The summed E-state index contributed by atoms with van der Waals surface area (Å²) in [6.45, 7) is 5.07. The van der Waals surface area contributed by atoms with Crippen LogP contribution in [0.3, 0.4) is 0 Å². The number of likely N-dealkylation sites (tertiary alicyclic amines) is 2. The van der Waals surface area contributed by atoms with Crippen molar-refractivity contribution in [2.75, 3.05) is 26.8 Å².